The third kappa shape index (κ3) is 4.45. The average molecular weight is 361 g/mol. The molecule has 0 aliphatic carbocycles. The maximum atomic E-state index is 12.1. The van der Waals surface area contributed by atoms with Crippen molar-refractivity contribution >= 4 is 34.0 Å². The van der Waals surface area contributed by atoms with E-state index >= 15 is 0 Å². The predicted octanol–water partition coefficient (Wildman–Crippen LogP) is 3.37. The molecule has 0 fully saturated rings. The van der Waals surface area contributed by atoms with Crippen LogP contribution < -0.4 is 10.1 Å². The number of carbonyl (C=O) groups is 3. The van der Waals surface area contributed by atoms with Gasteiger partial charge in [0.05, 0.1) is 12.7 Å². The molecule has 0 spiro atoms. The first-order chi connectivity index (χ1) is 11.8. The zero-order valence-electron chi connectivity index (χ0n) is 14.5. The van der Waals surface area contributed by atoms with Crippen molar-refractivity contribution in [3.63, 3.8) is 0 Å². The molecule has 0 unspecified atom stereocenters. The number of methoxy groups -OCH3 is 1. The number of rotatable bonds is 6. The minimum Gasteiger partial charge on any atom is -0.484 e. The lowest BCUT2D eigenvalue weighted by molar-refractivity contribution is -0.118. The van der Waals surface area contributed by atoms with Crippen LogP contribution in [0.25, 0.3) is 0 Å². The number of amides is 1. The second-order valence-electron chi connectivity index (χ2n) is 5.40. The van der Waals surface area contributed by atoms with Crippen molar-refractivity contribution in [2.75, 3.05) is 19.0 Å². The second kappa shape index (κ2) is 7.94. The summed E-state index contributed by atoms with van der Waals surface area (Å²) in [5.41, 5.74) is 1.65. The number of anilines is 1. The highest BCUT2D eigenvalue weighted by molar-refractivity contribution is 7.16. The fraction of sp³-hybridized carbons (Fsp3) is 0.278. The van der Waals surface area contributed by atoms with Crippen LogP contribution in [-0.2, 0) is 9.53 Å². The Labute approximate surface area is 149 Å². The van der Waals surface area contributed by atoms with Crippen molar-refractivity contribution in [2.45, 2.75) is 20.8 Å². The number of esters is 1. The van der Waals surface area contributed by atoms with Crippen molar-refractivity contribution in [1.29, 1.82) is 0 Å². The highest BCUT2D eigenvalue weighted by Crippen LogP contribution is 2.32. The van der Waals surface area contributed by atoms with Gasteiger partial charge in [0.2, 0.25) is 0 Å². The van der Waals surface area contributed by atoms with Crippen LogP contribution >= 0.6 is 11.3 Å². The summed E-state index contributed by atoms with van der Waals surface area (Å²) in [5.74, 6) is -0.552. The number of thiophene rings is 1. The molecule has 0 atom stereocenters. The van der Waals surface area contributed by atoms with E-state index in [0.29, 0.717) is 21.9 Å². The van der Waals surface area contributed by atoms with Crippen LogP contribution in [0, 0.1) is 13.8 Å². The Hall–Kier alpha value is -2.67. The maximum absolute atomic E-state index is 12.1. The molecule has 25 heavy (non-hydrogen) atoms. The van der Waals surface area contributed by atoms with Crippen LogP contribution in [0.3, 0.4) is 0 Å². The van der Waals surface area contributed by atoms with Gasteiger partial charge in [-0.1, -0.05) is 12.1 Å². The van der Waals surface area contributed by atoms with Gasteiger partial charge < -0.3 is 14.8 Å². The summed E-state index contributed by atoms with van der Waals surface area (Å²) in [6, 6.07) is 6.61. The minimum absolute atomic E-state index is 0.0813. The van der Waals surface area contributed by atoms with Gasteiger partial charge in [0.25, 0.3) is 5.91 Å². The highest BCUT2D eigenvalue weighted by atomic mass is 32.1. The van der Waals surface area contributed by atoms with Crippen LogP contribution in [0.2, 0.25) is 0 Å². The van der Waals surface area contributed by atoms with Gasteiger partial charge >= 0.3 is 5.97 Å². The lowest BCUT2D eigenvalue weighted by Crippen LogP contribution is -2.21. The van der Waals surface area contributed by atoms with Gasteiger partial charge in [0.15, 0.2) is 12.4 Å². The molecule has 0 saturated heterocycles. The molecule has 1 heterocycles. The van der Waals surface area contributed by atoms with Crippen LogP contribution in [0.1, 0.15) is 38.1 Å². The van der Waals surface area contributed by atoms with Gasteiger partial charge in [-0.2, -0.15) is 0 Å². The average Bonchev–Trinajstić information content (AvgIpc) is 2.86. The first-order valence-electron chi connectivity index (χ1n) is 7.55. The van der Waals surface area contributed by atoms with Gasteiger partial charge in [-0.05, 0) is 38.5 Å². The summed E-state index contributed by atoms with van der Waals surface area (Å²) in [4.78, 5) is 36.3. The molecule has 1 amide bonds. The fourth-order valence-corrected chi connectivity index (χ4v) is 3.24. The number of hydrogen-bond donors (Lipinski definition) is 1. The Balaban J connectivity index is 2.06. The first-order valence-corrected chi connectivity index (χ1v) is 8.37. The van der Waals surface area contributed by atoms with Crippen LogP contribution in [-0.4, -0.2) is 31.4 Å². The molecule has 0 saturated carbocycles. The molecule has 2 rings (SSSR count). The van der Waals surface area contributed by atoms with Crippen LogP contribution in [0.4, 0.5) is 5.00 Å². The maximum Gasteiger partial charge on any atom is 0.341 e. The molecule has 2 aromatic rings. The molecule has 7 heteroatoms. The van der Waals surface area contributed by atoms with E-state index < -0.39 is 11.9 Å². The summed E-state index contributed by atoms with van der Waals surface area (Å²) in [6.45, 7) is 4.89. The number of ketones is 1. The third-order valence-corrected chi connectivity index (χ3v) is 4.76. The Kier molecular flexibility index (Phi) is 5.93. The van der Waals surface area contributed by atoms with Crippen molar-refractivity contribution in [3.8, 4) is 5.75 Å². The molecule has 0 aliphatic rings. The molecule has 132 valence electrons. The molecule has 6 nitrogen and oxygen atoms in total. The van der Waals surface area contributed by atoms with Crippen molar-refractivity contribution in [2.24, 2.45) is 0 Å². The van der Waals surface area contributed by atoms with Crippen molar-refractivity contribution < 1.29 is 23.9 Å². The monoisotopic (exact) mass is 361 g/mol. The number of nitrogens with one attached hydrogen (secondary N) is 1. The molecule has 0 aliphatic heterocycles. The Bertz CT molecular complexity index is 825. The first kappa shape index (κ1) is 18.7. The molecular weight excluding hydrogens is 342 g/mol. The number of Topliss-reactive ketones (excluding diaryl/α,β-unsaturated/α-hetero) is 1. The Morgan fingerprint density at radius 2 is 1.92 bits per heavy atom. The molecular formula is C18H19NO5S. The highest BCUT2D eigenvalue weighted by Gasteiger charge is 2.21. The van der Waals surface area contributed by atoms with E-state index in [2.05, 4.69) is 5.32 Å². The van der Waals surface area contributed by atoms with Gasteiger partial charge in [-0.3, -0.25) is 9.59 Å². The summed E-state index contributed by atoms with van der Waals surface area (Å²) >= 11 is 1.31. The van der Waals surface area contributed by atoms with Gasteiger partial charge in [-0.15, -0.1) is 11.3 Å². The molecule has 1 aromatic carbocycles. The third-order valence-electron chi connectivity index (χ3n) is 3.64. The van der Waals surface area contributed by atoms with Gasteiger partial charge in [0, 0.05) is 10.4 Å². The molecule has 1 N–H and O–H groups in total. The summed E-state index contributed by atoms with van der Waals surface area (Å²) in [6.07, 6.45) is 0. The zero-order valence-corrected chi connectivity index (χ0v) is 15.3. The standard InChI is InChI=1S/C18H19NO5S/c1-10-12(3)25-17(16(10)18(22)23-4)19-15(21)9-24-14-7-5-6-13(8-14)11(2)20/h5-8H,9H2,1-4H3,(H,19,21). The van der Waals surface area contributed by atoms with Crippen molar-refractivity contribution in [3.05, 3.63) is 45.8 Å². The predicted molar refractivity (Wildman–Crippen MR) is 95.7 cm³/mol. The number of ether oxygens (including phenoxy) is 2. The quantitative estimate of drug-likeness (QED) is 0.630. The fourth-order valence-electron chi connectivity index (χ4n) is 2.18. The van der Waals surface area contributed by atoms with Crippen LogP contribution in [0.5, 0.6) is 5.75 Å². The Morgan fingerprint density at radius 1 is 1.20 bits per heavy atom. The smallest absolute Gasteiger partial charge is 0.341 e. The van der Waals surface area contributed by atoms with E-state index in [9.17, 15) is 14.4 Å². The summed E-state index contributed by atoms with van der Waals surface area (Å²) in [7, 11) is 1.30. The number of benzene rings is 1. The number of hydrogen-bond acceptors (Lipinski definition) is 6. The van der Waals surface area contributed by atoms with Gasteiger partial charge in [-0.25, -0.2) is 4.79 Å². The number of carbonyl (C=O) groups excluding carboxylic acids is 3. The Morgan fingerprint density at radius 3 is 2.56 bits per heavy atom. The number of aryl methyl sites for hydroxylation is 1. The topological polar surface area (TPSA) is 81.7 Å². The second-order valence-corrected chi connectivity index (χ2v) is 6.62. The molecule has 1 aromatic heterocycles. The van der Waals surface area contributed by atoms with E-state index in [4.69, 9.17) is 9.47 Å². The minimum atomic E-state index is -0.493. The normalized spacial score (nSPS) is 10.2. The summed E-state index contributed by atoms with van der Waals surface area (Å²) in [5, 5.41) is 3.12. The van der Waals surface area contributed by atoms with Crippen molar-refractivity contribution in [1.82, 2.24) is 0 Å². The lowest BCUT2D eigenvalue weighted by atomic mass is 10.1. The van der Waals surface area contributed by atoms with E-state index in [1.54, 1.807) is 31.2 Å². The van der Waals surface area contributed by atoms with Gasteiger partial charge in [0.1, 0.15) is 10.8 Å². The molecule has 0 radical (unpaired) electrons. The largest absolute Gasteiger partial charge is 0.484 e. The van der Waals surface area contributed by atoms with E-state index in [1.165, 1.54) is 25.4 Å². The van der Waals surface area contributed by atoms with E-state index in [0.717, 1.165) is 10.4 Å². The SMILES string of the molecule is COC(=O)c1c(NC(=O)COc2cccc(C(C)=O)c2)sc(C)c1C. The zero-order chi connectivity index (χ0) is 18.6. The summed E-state index contributed by atoms with van der Waals surface area (Å²) < 4.78 is 10.2. The lowest BCUT2D eigenvalue weighted by Gasteiger charge is -2.08. The van der Waals surface area contributed by atoms with Crippen LogP contribution in [0.15, 0.2) is 24.3 Å². The van der Waals surface area contributed by atoms with E-state index in [1.807, 2.05) is 6.92 Å². The van der Waals surface area contributed by atoms with E-state index in [-0.39, 0.29) is 12.4 Å². The molecule has 0 bridgehead atoms.